The van der Waals surface area contributed by atoms with Crippen LogP contribution in [0.25, 0.3) is 16.5 Å². The molecule has 0 radical (unpaired) electrons. The molecule has 3 aromatic carbocycles. The maximum atomic E-state index is 4.35. The van der Waals surface area contributed by atoms with Crippen molar-refractivity contribution < 1.29 is 1.43 Å². The molecule has 1 nitrogen and oxygen atoms in total. The monoisotopic (exact) mass is 315 g/mol. The zero-order valence-electron chi connectivity index (χ0n) is 14.2. The lowest BCUT2D eigenvalue weighted by Crippen LogP contribution is -2.27. The van der Waals surface area contributed by atoms with Crippen LogP contribution in [0.15, 0.2) is 73.3 Å². The Morgan fingerprint density at radius 3 is 2.50 bits per heavy atom. The fraction of sp³-hybridized carbons (Fsp3) is 0.217. The van der Waals surface area contributed by atoms with Crippen LogP contribution < -0.4 is 5.32 Å². The summed E-state index contributed by atoms with van der Waals surface area (Å²) in [6.07, 6.45) is 3.35. The zero-order chi connectivity index (χ0) is 16.6. The van der Waals surface area contributed by atoms with E-state index in [0.29, 0.717) is 0 Å². The van der Waals surface area contributed by atoms with E-state index < -0.39 is 0 Å². The number of rotatable bonds is 5. The molecule has 1 N–H and O–H groups in total. The standard InChI is InChI=1S/C23H23N.H2/c1-3-18-9-4-6-12-20(18)17(2)24-23(15-16-23)22-14-8-11-19-10-5-7-13-21(19)22;/h4-14,24H,2-3,15-16H2,1H3;1H. The Hall–Kier alpha value is -2.54. The second-order valence-corrected chi connectivity index (χ2v) is 6.72. The van der Waals surface area contributed by atoms with Gasteiger partial charge in [-0.2, -0.15) is 0 Å². The Kier molecular flexibility index (Phi) is 3.65. The third-order valence-corrected chi connectivity index (χ3v) is 5.17. The summed E-state index contributed by atoms with van der Waals surface area (Å²) in [5.74, 6) is 0. The molecule has 0 aromatic heterocycles. The molecule has 0 bridgehead atoms. The summed E-state index contributed by atoms with van der Waals surface area (Å²) in [6.45, 7) is 6.55. The molecule has 0 atom stereocenters. The van der Waals surface area contributed by atoms with Crippen LogP contribution in [-0.4, -0.2) is 0 Å². The van der Waals surface area contributed by atoms with Gasteiger partial charge in [-0.15, -0.1) is 0 Å². The van der Waals surface area contributed by atoms with Crippen LogP contribution >= 0.6 is 0 Å². The van der Waals surface area contributed by atoms with Gasteiger partial charge in [-0.1, -0.05) is 80.2 Å². The lowest BCUT2D eigenvalue weighted by molar-refractivity contribution is 0.636. The molecule has 0 saturated heterocycles. The SMILES string of the molecule is C=C(NC1(c2cccc3ccccc23)CC1)c1ccccc1CC.[HH]. The Morgan fingerprint density at radius 2 is 1.71 bits per heavy atom. The Morgan fingerprint density at radius 1 is 1.00 bits per heavy atom. The fourth-order valence-electron chi connectivity index (χ4n) is 3.71. The van der Waals surface area contributed by atoms with Crippen molar-refractivity contribution in [3.05, 3.63) is 90.0 Å². The lowest BCUT2D eigenvalue weighted by Gasteiger charge is -2.24. The lowest BCUT2D eigenvalue weighted by atomic mass is 9.95. The van der Waals surface area contributed by atoms with Gasteiger partial charge in [-0.25, -0.2) is 0 Å². The van der Waals surface area contributed by atoms with E-state index in [1.54, 1.807) is 0 Å². The molecule has 1 aliphatic rings. The number of aryl methyl sites for hydroxylation is 1. The molecule has 0 unspecified atom stereocenters. The number of nitrogens with one attached hydrogen (secondary N) is 1. The van der Waals surface area contributed by atoms with E-state index in [4.69, 9.17) is 0 Å². The van der Waals surface area contributed by atoms with Crippen LogP contribution in [0.4, 0.5) is 0 Å². The summed E-state index contributed by atoms with van der Waals surface area (Å²) in [6, 6.07) is 23.8. The minimum Gasteiger partial charge on any atom is -0.375 e. The largest absolute Gasteiger partial charge is 0.375 e. The number of fused-ring (bicyclic) bond motifs is 1. The van der Waals surface area contributed by atoms with E-state index in [1.165, 1.54) is 27.5 Å². The summed E-state index contributed by atoms with van der Waals surface area (Å²) in [7, 11) is 0. The molecular formula is C23H25N. The maximum absolute atomic E-state index is 4.35. The van der Waals surface area contributed by atoms with Crippen LogP contribution in [-0.2, 0) is 12.0 Å². The van der Waals surface area contributed by atoms with Gasteiger partial charge in [0.05, 0.1) is 5.54 Å². The molecule has 0 spiro atoms. The normalized spacial score (nSPS) is 15.2. The first-order valence-corrected chi connectivity index (χ1v) is 8.77. The molecule has 4 rings (SSSR count). The van der Waals surface area contributed by atoms with E-state index in [-0.39, 0.29) is 6.97 Å². The number of hydrogen-bond acceptors (Lipinski definition) is 1. The van der Waals surface area contributed by atoms with Crippen molar-refractivity contribution in [3.8, 4) is 0 Å². The van der Waals surface area contributed by atoms with E-state index in [9.17, 15) is 0 Å². The van der Waals surface area contributed by atoms with Crippen LogP contribution in [0, 0.1) is 0 Å². The molecule has 1 saturated carbocycles. The fourth-order valence-corrected chi connectivity index (χ4v) is 3.71. The third-order valence-electron chi connectivity index (χ3n) is 5.17. The number of hydrogen-bond donors (Lipinski definition) is 1. The van der Waals surface area contributed by atoms with Crippen molar-refractivity contribution in [1.82, 2.24) is 5.32 Å². The second-order valence-electron chi connectivity index (χ2n) is 6.72. The topological polar surface area (TPSA) is 12.0 Å². The summed E-state index contributed by atoms with van der Waals surface area (Å²) in [4.78, 5) is 0. The smallest absolute Gasteiger partial charge is 0.0633 e. The Bertz CT molecular complexity index is 903. The molecule has 122 valence electrons. The maximum Gasteiger partial charge on any atom is 0.0633 e. The zero-order valence-corrected chi connectivity index (χ0v) is 14.2. The molecule has 3 aromatic rings. The number of benzene rings is 3. The van der Waals surface area contributed by atoms with Gasteiger partial charge in [0, 0.05) is 12.7 Å². The van der Waals surface area contributed by atoms with Gasteiger partial charge in [-0.05, 0) is 41.2 Å². The van der Waals surface area contributed by atoms with Gasteiger partial charge in [-0.3, -0.25) is 0 Å². The summed E-state index contributed by atoms with van der Waals surface area (Å²) in [5.41, 5.74) is 5.07. The predicted molar refractivity (Wildman–Crippen MR) is 105 cm³/mol. The highest BCUT2D eigenvalue weighted by Crippen LogP contribution is 2.49. The van der Waals surface area contributed by atoms with Crippen molar-refractivity contribution in [2.45, 2.75) is 31.7 Å². The minimum atomic E-state index is 0. The first kappa shape index (κ1) is 15.0. The van der Waals surface area contributed by atoms with Gasteiger partial charge >= 0.3 is 0 Å². The first-order valence-electron chi connectivity index (χ1n) is 8.77. The minimum absolute atomic E-state index is 0. The second kappa shape index (κ2) is 5.83. The molecule has 1 heteroatoms. The molecule has 0 amide bonds. The summed E-state index contributed by atoms with van der Waals surface area (Å²) >= 11 is 0. The average Bonchev–Trinajstić information content (AvgIpc) is 3.41. The highest BCUT2D eigenvalue weighted by Gasteiger charge is 2.45. The predicted octanol–water partition coefficient (Wildman–Crippen LogP) is 5.90. The van der Waals surface area contributed by atoms with E-state index in [0.717, 1.165) is 25.0 Å². The van der Waals surface area contributed by atoms with E-state index in [1.807, 2.05) is 0 Å². The molecular weight excluding hydrogens is 290 g/mol. The quantitative estimate of drug-likeness (QED) is 0.618. The highest BCUT2D eigenvalue weighted by molar-refractivity contribution is 5.87. The Labute approximate surface area is 145 Å². The summed E-state index contributed by atoms with van der Waals surface area (Å²) < 4.78 is 0. The molecule has 1 aliphatic carbocycles. The third kappa shape index (κ3) is 2.50. The molecule has 0 heterocycles. The molecule has 1 fully saturated rings. The van der Waals surface area contributed by atoms with Crippen LogP contribution in [0.3, 0.4) is 0 Å². The summed E-state index contributed by atoms with van der Waals surface area (Å²) in [5, 5.41) is 6.43. The Balaban J connectivity index is 0.00000182. The van der Waals surface area contributed by atoms with E-state index in [2.05, 4.69) is 85.5 Å². The van der Waals surface area contributed by atoms with Crippen LogP contribution in [0.2, 0.25) is 0 Å². The molecule has 0 aliphatic heterocycles. The first-order chi connectivity index (χ1) is 11.7. The van der Waals surface area contributed by atoms with Gasteiger partial charge < -0.3 is 5.32 Å². The van der Waals surface area contributed by atoms with E-state index >= 15 is 0 Å². The van der Waals surface area contributed by atoms with Crippen molar-refractivity contribution in [2.24, 2.45) is 0 Å². The highest BCUT2D eigenvalue weighted by atomic mass is 15.0. The van der Waals surface area contributed by atoms with Gasteiger partial charge in [0.25, 0.3) is 0 Å². The molecule has 24 heavy (non-hydrogen) atoms. The average molecular weight is 315 g/mol. The van der Waals surface area contributed by atoms with Crippen molar-refractivity contribution in [2.75, 3.05) is 0 Å². The van der Waals surface area contributed by atoms with Crippen LogP contribution in [0.1, 0.15) is 37.9 Å². The van der Waals surface area contributed by atoms with Gasteiger partial charge in [0.15, 0.2) is 0 Å². The van der Waals surface area contributed by atoms with Crippen LogP contribution in [0.5, 0.6) is 0 Å². The van der Waals surface area contributed by atoms with Crippen molar-refractivity contribution in [1.29, 1.82) is 0 Å². The van der Waals surface area contributed by atoms with Crippen molar-refractivity contribution in [3.63, 3.8) is 0 Å². The van der Waals surface area contributed by atoms with Gasteiger partial charge in [0.1, 0.15) is 0 Å². The van der Waals surface area contributed by atoms with Crippen molar-refractivity contribution >= 4 is 16.5 Å². The van der Waals surface area contributed by atoms with Gasteiger partial charge in [0.2, 0.25) is 0 Å².